The molecule has 0 saturated heterocycles. The highest BCUT2D eigenvalue weighted by Crippen LogP contribution is 2.24. The van der Waals surface area contributed by atoms with E-state index in [-0.39, 0.29) is 0 Å². The number of ether oxygens (including phenoxy) is 1. The van der Waals surface area contributed by atoms with E-state index in [1.54, 1.807) is 6.21 Å². The number of aryl methyl sites for hydroxylation is 1. The number of rotatable bonds is 7. The van der Waals surface area contributed by atoms with Gasteiger partial charge >= 0.3 is 0 Å². The summed E-state index contributed by atoms with van der Waals surface area (Å²) < 4.78 is 6.04. The Bertz CT molecular complexity index is 1110. The first kappa shape index (κ1) is 18.9. The van der Waals surface area contributed by atoms with Crippen molar-refractivity contribution in [1.82, 2.24) is 4.98 Å². The fraction of sp³-hybridized carbons (Fsp3) is 0.0833. The highest BCUT2D eigenvalue weighted by molar-refractivity contribution is 7.14. The number of nitrogens with zero attached hydrogens (tertiary/aromatic N) is 2. The van der Waals surface area contributed by atoms with E-state index in [1.165, 1.54) is 22.5 Å². The molecule has 4 rings (SSSR count). The van der Waals surface area contributed by atoms with Crippen LogP contribution in [0.2, 0.25) is 0 Å². The largest absolute Gasteiger partial charge is 0.488 e. The maximum absolute atomic E-state index is 6.04. The Balaban J connectivity index is 1.41. The summed E-state index contributed by atoms with van der Waals surface area (Å²) in [6.45, 7) is 2.62. The summed E-state index contributed by atoms with van der Waals surface area (Å²) in [5.74, 6) is 0.797. The first-order valence-electron chi connectivity index (χ1n) is 9.36. The van der Waals surface area contributed by atoms with Crippen LogP contribution in [0.4, 0.5) is 5.13 Å². The predicted molar refractivity (Wildman–Crippen MR) is 121 cm³/mol. The maximum atomic E-state index is 6.04. The molecule has 0 unspecified atom stereocenters. The van der Waals surface area contributed by atoms with Crippen LogP contribution >= 0.6 is 11.3 Å². The Morgan fingerprint density at radius 2 is 1.72 bits per heavy atom. The molecule has 0 fully saturated rings. The number of benzene rings is 3. The lowest BCUT2D eigenvalue weighted by Gasteiger charge is -2.10. The minimum Gasteiger partial charge on any atom is -0.488 e. The van der Waals surface area contributed by atoms with Gasteiger partial charge in [0.05, 0.1) is 11.9 Å². The lowest BCUT2D eigenvalue weighted by atomic mass is 10.1. The quantitative estimate of drug-likeness (QED) is 0.300. The molecule has 0 spiro atoms. The van der Waals surface area contributed by atoms with Gasteiger partial charge in [0.1, 0.15) is 12.4 Å². The summed E-state index contributed by atoms with van der Waals surface area (Å²) in [4.78, 5) is 4.58. The lowest BCUT2D eigenvalue weighted by molar-refractivity contribution is 0.305. The molecule has 0 bridgehead atoms. The third kappa shape index (κ3) is 4.89. The third-order valence-electron chi connectivity index (χ3n) is 4.50. The average Bonchev–Trinajstić information content (AvgIpc) is 3.24. The predicted octanol–water partition coefficient (Wildman–Crippen LogP) is 6.14. The molecule has 1 aromatic heterocycles. The second kappa shape index (κ2) is 9.17. The number of para-hydroxylation sites is 1. The molecule has 0 aliphatic rings. The van der Waals surface area contributed by atoms with Crippen LogP contribution in [-0.2, 0) is 6.61 Å². The van der Waals surface area contributed by atoms with E-state index in [2.05, 4.69) is 34.6 Å². The highest BCUT2D eigenvalue weighted by atomic mass is 32.1. The van der Waals surface area contributed by atoms with Crippen molar-refractivity contribution in [2.45, 2.75) is 13.5 Å². The van der Waals surface area contributed by atoms with Gasteiger partial charge in [-0.25, -0.2) is 4.98 Å². The number of aromatic nitrogens is 1. The molecule has 4 aromatic rings. The molecular formula is C24H21N3OS. The van der Waals surface area contributed by atoms with Crippen LogP contribution in [-0.4, -0.2) is 11.2 Å². The van der Waals surface area contributed by atoms with Crippen LogP contribution < -0.4 is 10.2 Å². The molecule has 0 aliphatic heterocycles. The summed E-state index contributed by atoms with van der Waals surface area (Å²) in [6.07, 6.45) is 1.76. The molecule has 4 nitrogen and oxygen atoms in total. The Morgan fingerprint density at radius 3 is 2.59 bits per heavy atom. The number of hydrogen-bond acceptors (Lipinski definition) is 5. The van der Waals surface area contributed by atoms with Crippen LogP contribution in [0.15, 0.2) is 89.3 Å². The van der Waals surface area contributed by atoms with E-state index in [9.17, 15) is 0 Å². The number of thiazole rings is 1. The fourth-order valence-corrected chi connectivity index (χ4v) is 3.54. The van der Waals surface area contributed by atoms with Crippen LogP contribution in [0.25, 0.3) is 11.3 Å². The highest BCUT2D eigenvalue weighted by Gasteiger charge is 2.05. The van der Waals surface area contributed by atoms with Crippen molar-refractivity contribution >= 4 is 22.7 Å². The van der Waals surface area contributed by atoms with Gasteiger partial charge in [0.25, 0.3) is 0 Å². The molecule has 3 aromatic carbocycles. The van der Waals surface area contributed by atoms with Crippen LogP contribution in [0, 0.1) is 6.92 Å². The van der Waals surface area contributed by atoms with E-state index in [0.29, 0.717) is 6.61 Å². The molecule has 0 radical (unpaired) electrons. The minimum absolute atomic E-state index is 0.526. The van der Waals surface area contributed by atoms with Gasteiger partial charge in [-0.3, -0.25) is 5.43 Å². The molecular weight excluding hydrogens is 378 g/mol. The van der Waals surface area contributed by atoms with Gasteiger partial charge in [0, 0.05) is 16.5 Å². The zero-order chi connectivity index (χ0) is 19.9. The molecule has 1 N–H and O–H groups in total. The number of hydrazone groups is 1. The van der Waals surface area contributed by atoms with Gasteiger partial charge in [-0.15, -0.1) is 11.3 Å². The second-order valence-corrected chi connectivity index (χ2v) is 7.39. The fourth-order valence-electron chi connectivity index (χ4n) is 2.87. The normalized spacial score (nSPS) is 10.9. The standard InChI is InChI=1S/C24H21N3OS/c1-18-9-5-6-13-21(18)16-28-23-14-8-7-12-20(23)15-25-27-24-26-22(17-29-24)19-10-3-2-4-11-19/h2-15,17H,16H2,1H3,(H,26,27). The summed E-state index contributed by atoms with van der Waals surface area (Å²) in [5, 5.41) is 7.11. The van der Waals surface area contributed by atoms with Gasteiger partial charge in [-0.2, -0.15) is 5.10 Å². The molecule has 0 aliphatic carbocycles. The lowest BCUT2D eigenvalue weighted by Crippen LogP contribution is -2.00. The van der Waals surface area contributed by atoms with Crippen molar-refractivity contribution in [1.29, 1.82) is 0 Å². The van der Waals surface area contributed by atoms with E-state index in [4.69, 9.17) is 4.74 Å². The summed E-state index contributed by atoms with van der Waals surface area (Å²) in [6, 6.07) is 26.2. The molecule has 1 heterocycles. The van der Waals surface area contributed by atoms with Crippen LogP contribution in [0.3, 0.4) is 0 Å². The van der Waals surface area contributed by atoms with Crippen molar-refractivity contribution in [3.63, 3.8) is 0 Å². The van der Waals surface area contributed by atoms with Crippen molar-refractivity contribution in [3.8, 4) is 17.0 Å². The topological polar surface area (TPSA) is 46.5 Å². The smallest absolute Gasteiger partial charge is 0.203 e. The van der Waals surface area contributed by atoms with Gasteiger partial charge in [-0.05, 0) is 30.2 Å². The minimum atomic E-state index is 0.526. The molecule has 29 heavy (non-hydrogen) atoms. The Kier molecular flexibility index (Phi) is 5.98. The molecule has 144 valence electrons. The van der Waals surface area contributed by atoms with Crippen molar-refractivity contribution in [3.05, 3.63) is 101 Å². The Morgan fingerprint density at radius 1 is 0.966 bits per heavy atom. The molecule has 0 amide bonds. The zero-order valence-electron chi connectivity index (χ0n) is 16.1. The zero-order valence-corrected chi connectivity index (χ0v) is 16.9. The summed E-state index contributed by atoms with van der Waals surface area (Å²) >= 11 is 1.53. The maximum Gasteiger partial charge on any atom is 0.203 e. The second-order valence-electron chi connectivity index (χ2n) is 6.53. The first-order chi connectivity index (χ1) is 14.3. The van der Waals surface area contributed by atoms with E-state index < -0.39 is 0 Å². The molecule has 5 heteroatoms. The Hall–Kier alpha value is -3.44. The third-order valence-corrected chi connectivity index (χ3v) is 5.25. The number of nitrogens with one attached hydrogen (secondary N) is 1. The van der Waals surface area contributed by atoms with Crippen molar-refractivity contribution in [2.24, 2.45) is 5.10 Å². The van der Waals surface area contributed by atoms with E-state index in [1.807, 2.05) is 72.1 Å². The SMILES string of the molecule is Cc1ccccc1COc1ccccc1C=NNc1nc(-c2ccccc2)cs1. The summed E-state index contributed by atoms with van der Waals surface area (Å²) in [7, 11) is 0. The van der Waals surface area contributed by atoms with Gasteiger partial charge < -0.3 is 4.74 Å². The number of hydrogen-bond donors (Lipinski definition) is 1. The number of anilines is 1. The van der Waals surface area contributed by atoms with E-state index >= 15 is 0 Å². The molecule has 0 saturated carbocycles. The first-order valence-corrected chi connectivity index (χ1v) is 10.2. The molecule has 0 atom stereocenters. The van der Waals surface area contributed by atoms with Crippen molar-refractivity contribution in [2.75, 3.05) is 5.43 Å². The monoisotopic (exact) mass is 399 g/mol. The summed E-state index contributed by atoms with van der Waals surface area (Å²) in [5.41, 5.74) is 8.35. The van der Waals surface area contributed by atoms with Gasteiger partial charge in [0.15, 0.2) is 0 Å². The van der Waals surface area contributed by atoms with Crippen LogP contribution in [0.1, 0.15) is 16.7 Å². The van der Waals surface area contributed by atoms with Gasteiger partial charge in [0.2, 0.25) is 5.13 Å². The van der Waals surface area contributed by atoms with E-state index in [0.717, 1.165) is 27.7 Å². The van der Waals surface area contributed by atoms with Gasteiger partial charge in [-0.1, -0.05) is 66.7 Å². The van der Waals surface area contributed by atoms with Crippen molar-refractivity contribution < 1.29 is 4.74 Å². The average molecular weight is 400 g/mol. The van der Waals surface area contributed by atoms with Crippen LogP contribution in [0.5, 0.6) is 5.75 Å². The Labute approximate surface area is 174 Å².